The van der Waals surface area contributed by atoms with Gasteiger partial charge >= 0.3 is 17.2 Å². The molecule has 92 valence electrons. The number of ether oxygens (including phenoxy) is 1. The molecule has 1 aromatic rings. The van der Waals surface area contributed by atoms with Crippen LogP contribution in [-0.2, 0) is 4.79 Å². The van der Waals surface area contributed by atoms with Crippen molar-refractivity contribution >= 4 is 11.7 Å². The molecule has 1 rings (SSSR count). The molecule has 0 spiro atoms. The summed E-state index contributed by atoms with van der Waals surface area (Å²) in [5.41, 5.74) is -1.27. The van der Waals surface area contributed by atoms with Gasteiger partial charge in [-0.1, -0.05) is 13.8 Å². The number of nitrogens with zero attached hydrogens (tertiary/aromatic N) is 1. The van der Waals surface area contributed by atoms with Crippen LogP contribution >= 0.6 is 0 Å². The van der Waals surface area contributed by atoms with E-state index in [0.717, 1.165) is 0 Å². The average molecular weight is 240 g/mol. The van der Waals surface area contributed by atoms with Crippen LogP contribution in [0.2, 0.25) is 0 Å². The minimum Gasteiger partial charge on any atom is -0.419 e. The fraction of sp³-hybridized carbons (Fsp3) is 0.400. The summed E-state index contributed by atoms with van der Waals surface area (Å²) in [6.45, 7) is 4.72. The van der Waals surface area contributed by atoms with Crippen LogP contribution in [0.1, 0.15) is 19.5 Å². The first-order valence-corrected chi connectivity index (χ1v) is 4.93. The number of nitro groups is 1. The van der Waals surface area contributed by atoms with Crippen molar-refractivity contribution in [2.24, 2.45) is 5.92 Å². The number of hydrogen-bond acceptors (Lipinski definition) is 5. The minimum atomic E-state index is -0.887. The Balaban J connectivity index is 3.27. The second-order valence-corrected chi connectivity index (χ2v) is 3.83. The van der Waals surface area contributed by atoms with Crippen LogP contribution in [0.25, 0.3) is 0 Å². The highest BCUT2D eigenvalue weighted by atomic mass is 16.6. The lowest BCUT2D eigenvalue weighted by Crippen LogP contribution is -2.19. The van der Waals surface area contributed by atoms with Gasteiger partial charge in [0.25, 0.3) is 0 Å². The maximum Gasteiger partial charge on any atom is 0.376 e. The maximum absolute atomic E-state index is 11.4. The lowest BCUT2D eigenvalue weighted by atomic mass is 10.2. The zero-order chi connectivity index (χ0) is 13.2. The largest absolute Gasteiger partial charge is 0.419 e. The molecule has 0 aliphatic carbocycles. The van der Waals surface area contributed by atoms with Crippen LogP contribution in [0.5, 0.6) is 5.75 Å². The molecule has 0 atom stereocenters. The number of aryl methyl sites for hydroxylation is 1. The Hall–Kier alpha value is -2.18. The van der Waals surface area contributed by atoms with Gasteiger partial charge < -0.3 is 9.72 Å². The summed E-state index contributed by atoms with van der Waals surface area (Å²) in [6, 6.07) is 1.25. The van der Waals surface area contributed by atoms with E-state index in [9.17, 15) is 19.7 Å². The molecule has 7 nitrogen and oxygen atoms in total. The van der Waals surface area contributed by atoms with E-state index in [1.54, 1.807) is 13.8 Å². The summed E-state index contributed by atoms with van der Waals surface area (Å²) in [6.07, 6.45) is 0. The van der Waals surface area contributed by atoms with Gasteiger partial charge in [-0.25, -0.2) is 0 Å². The lowest BCUT2D eigenvalue weighted by Gasteiger charge is -2.07. The van der Waals surface area contributed by atoms with Gasteiger partial charge in [0, 0.05) is 11.8 Å². The van der Waals surface area contributed by atoms with Crippen molar-refractivity contribution in [1.82, 2.24) is 4.98 Å². The van der Waals surface area contributed by atoms with Gasteiger partial charge in [0.1, 0.15) is 0 Å². The highest BCUT2D eigenvalue weighted by Gasteiger charge is 2.24. The van der Waals surface area contributed by atoms with Crippen LogP contribution in [0.3, 0.4) is 0 Å². The van der Waals surface area contributed by atoms with Gasteiger partial charge in [0.05, 0.1) is 10.8 Å². The fourth-order valence-electron chi connectivity index (χ4n) is 1.13. The number of aromatic amines is 1. The SMILES string of the molecule is Cc1cc(OC(=O)C(C)C)c([N+](=O)[O-])c(=O)[nH]1. The molecule has 7 heteroatoms. The van der Waals surface area contributed by atoms with E-state index in [0.29, 0.717) is 5.69 Å². The number of rotatable bonds is 3. The molecular weight excluding hydrogens is 228 g/mol. The summed E-state index contributed by atoms with van der Waals surface area (Å²) in [7, 11) is 0. The molecule has 17 heavy (non-hydrogen) atoms. The molecule has 1 aromatic heterocycles. The Morgan fingerprint density at radius 3 is 2.59 bits per heavy atom. The van der Waals surface area contributed by atoms with Gasteiger partial charge in [-0.05, 0) is 6.92 Å². The van der Waals surface area contributed by atoms with Gasteiger partial charge in [-0.2, -0.15) is 0 Å². The number of nitrogens with one attached hydrogen (secondary N) is 1. The molecule has 0 saturated carbocycles. The molecule has 1 heterocycles. The molecule has 0 fully saturated rings. The Morgan fingerprint density at radius 2 is 2.12 bits per heavy atom. The molecule has 0 aliphatic heterocycles. The van der Waals surface area contributed by atoms with E-state index in [-0.39, 0.29) is 5.75 Å². The number of carbonyl (C=O) groups excluding carboxylic acids is 1. The van der Waals surface area contributed by atoms with E-state index in [4.69, 9.17) is 4.74 Å². The van der Waals surface area contributed by atoms with Crippen molar-refractivity contribution in [3.8, 4) is 5.75 Å². The van der Waals surface area contributed by atoms with Crippen LogP contribution in [0.4, 0.5) is 5.69 Å². The van der Waals surface area contributed by atoms with E-state index in [1.807, 2.05) is 0 Å². The van der Waals surface area contributed by atoms with Gasteiger partial charge in [-0.15, -0.1) is 0 Å². The standard InChI is InChI=1S/C10H12N2O5/c1-5(2)10(14)17-7-4-6(3)11-9(13)8(7)12(15)16/h4-5H,1-3H3,(H,11,13). The smallest absolute Gasteiger partial charge is 0.376 e. The Labute approximate surface area is 96.6 Å². The average Bonchev–Trinajstić information content (AvgIpc) is 2.14. The van der Waals surface area contributed by atoms with Crippen LogP contribution < -0.4 is 10.3 Å². The summed E-state index contributed by atoms with van der Waals surface area (Å²) < 4.78 is 4.83. The number of esters is 1. The first-order valence-electron chi connectivity index (χ1n) is 4.93. The monoisotopic (exact) mass is 240 g/mol. The van der Waals surface area contributed by atoms with Crippen molar-refractivity contribution < 1.29 is 14.5 Å². The highest BCUT2D eigenvalue weighted by Crippen LogP contribution is 2.23. The van der Waals surface area contributed by atoms with Crippen LogP contribution in [-0.4, -0.2) is 15.9 Å². The van der Waals surface area contributed by atoms with Crippen LogP contribution in [0.15, 0.2) is 10.9 Å². The van der Waals surface area contributed by atoms with Crippen molar-refractivity contribution in [2.75, 3.05) is 0 Å². The Bertz CT molecular complexity index is 518. The Morgan fingerprint density at radius 1 is 1.53 bits per heavy atom. The van der Waals surface area contributed by atoms with E-state index in [1.165, 1.54) is 13.0 Å². The number of pyridine rings is 1. The topological polar surface area (TPSA) is 102 Å². The zero-order valence-corrected chi connectivity index (χ0v) is 9.64. The summed E-state index contributed by atoms with van der Waals surface area (Å²) >= 11 is 0. The second kappa shape index (κ2) is 4.77. The molecule has 0 radical (unpaired) electrons. The predicted octanol–water partition coefficient (Wildman–Crippen LogP) is 1.15. The van der Waals surface area contributed by atoms with E-state index < -0.39 is 28.1 Å². The first-order chi connectivity index (χ1) is 7.82. The minimum absolute atomic E-state index is 0.324. The first kappa shape index (κ1) is 12.9. The molecule has 0 unspecified atom stereocenters. The van der Waals surface area contributed by atoms with Crippen LogP contribution in [0, 0.1) is 23.0 Å². The molecule has 1 N–H and O–H groups in total. The van der Waals surface area contributed by atoms with Gasteiger partial charge in [-0.3, -0.25) is 19.7 Å². The number of aromatic nitrogens is 1. The molecular formula is C10H12N2O5. The molecule has 0 bridgehead atoms. The quantitative estimate of drug-likeness (QED) is 0.485. The second-order valence-electron chi connectivity index (χ2n) is 3.83. The zero-order valence-electron chi connectivity index (χ0n) is 9.64. The number of H-pyrrole nitrogens is 1. The van der Waals surface area contributed by atoms with Gasteiger partial charge in [0.15, 0.2) is 0 Å². The predicted molar refractivity (Wildman–Crippen MR) is 58.9 cm³/mol. The maximum atomic E-state index is 11.4. The third-order valence-corrected chi connectivity index (χ3v) is 1.97. The third kappa shape index (κ3) is 2.90. The normalized spacial score (nSPS) is 10.4. The molecule has 0 amide bonds. The Kier molecular flexibility index (Phi) is 3.62. The number of hydrogen-bond donors (Lipinski definition) is 1. The lowest BCUT2D eigenvalue weighted by molar-refractivity contribution is -0.387. The summed E-state index contributed by atoms with van der Waals surface area (Å²) in [4.78, 5) is 34.8. The summed E-state index contributed by atoms with van der Waals surface area (Å²) in [5.74, 6) is -1.39. The van der Waals surface area contributed by atoms with E-state index >= 15 is 0 Å². The summed E-state index contributed by atoms with van der Waals surface area (Å²) in [5, 5.41) is 10.7. The third-order valence-electron chi connectivity index (χ3n) is 1.97. The van der Waals surface area contributed by atoms with Crippen molar-refractivity contribution in [2.45, 2.75) is 20.8 Å². The van der Waals surface area contributed by atoms with Gasteiger partial charge in [0.2, 0.25) is 5.75 Å². The highest BCUT2D eigenvalue weighted by molar-refractivity contribution is 5.75. The van der Waals surface area contributed by atoms with Crippen molar-refractivity contribution in [3.05, 3.63) is 32.2 Å². The molecule has 0 aliphatic rings. The van der Waals surface area contributed by atoms with Crippen molar-refractivity contribution in [3.63, 3.8) is 0 Å². The molecule has 0 saturated heterocycles. The number of carbonyl (C=O) groups is 1. The fourth-order valence-corrected chi connectivity index (χ4v) is 1.13. The van der Waals surface area contributed by atoms with Crippen molar-refractivity contribution in [1.29, 1.82) is 0 Å². The molecule has 0 aromatic carbocycles. The van der Waals surface area contributed by atoms with E-state index in [2.05, 4.69) is 4.98 Å².